The van der Waals surface area contributed by atoms with Crippen LogP contribution in [0.1, 0.15) is 6.92 Å². The molecule has 0 aromatic heterocycles. The molecule has 2 rings (SSSR count). The molecule has 0 N–H and O–H groups in total. The Hall–Kier alpha value is 0.760. The molecule has 2 heterocycles. The largest absolute Gasteiger partial charge is 0.376 e. The summed E-state index contributed by atoms with van der Waals surface area (Å²) in [4.78, 5) is 0. The minimum absolute atomic E-state index is 0.141. The van der Waals surface area contributed by atoms with Crippen LogP contribution in [-0.2, 0) is 39.8 Å². The Labute approximate surface area is 128 Å². The maximum atomic E-state index is 6.03. The monoisotopic (exact) mass is 344 g/mol. The molecule has 9 heteroatoms. The highest BCUT2D eigenvalue weighted by Crippen LogP contribution is 2.65. The van der Waals surface area contributed by atoms with E-state index in [1.54, 1.807) is 21.3 Å². The van der Waals surface area contributed by atoms with E-state index in [2.05, 4.69) is 0 Å². The van der Waals surface area contributed by atoms with Gasteiger partial charge in [-0.15, -0.1) is 0 Å². The second-order valence-electron chi connectivity index (χ2n) is 4.41. The van der Waals surface area contributed by atoms with Gasteiger partial charge < -0.3 is 28.0 Å². The molecule has 0 amide bonds. The molecule has 118 valence electrons. The van der Waals surface area contributed by atoms with Crippen molar-refractivity contribution in [2.45, 2.75) is 37.6 Å². The molecular weight excluding hydrogens is 323 g/mol. The number of ether oxygens (including phenoxy) is 4. The standard InChI is InChI=1S/C11H21O6PS2/c1-5-15-18(19)17-8-7(6-20-18)16-11(14-4)10(13-3)9(8)12-2/h7-11H,5-6H2,1-4H3/t7-,8-,9+,10-,11+,18-/m1/s1. The van der Waals surface area contributed by atoms with Crippen molar-refractivity contribution < 1.29 is 28.0 Å². The van der Waals surface area contributed by atoms with Crippen LogP contribution in [0.3, 0.4) is 0 Å². The molecular formula is C11H21O6PS2. The first kappa shape index (κ1) is 17.1. The summed E-state index contributed by atoms with van der Waals surface area (Å²) in [5, 5.41) is 0. The molecule has 2 saturated heterocycles. The fraction of sp³-hybridized carbons (Fsp3) is 1.00. The summed E-state index contributed by atoms with van der Waals surface area (Å²) < 4.78 is 33.9. The molecule has 2 fully saturated rings. The van der Waals surface area contributed by atoms with Crippen LogP contribution in [0.15, 0.2) is 0 Å². The van der Waals surface area contributed by atoms with Crippen molar-refractivity contribution in [2.24, 2.45) is 0 Å². The van der Waals surface area contributed by atoms with Crippen molar-refractivity contribution in [3.63, 3.8) is 0 Å². The third-order valence-corrected chi connectivity index (χ3v) is 8.67. The first-order valence-corrected chi connectivity index (χ1v) is 10.6. The molecule has 6 nitrogen and oxygen atoms in total. The summed E-state index contributed by atoms with van der Waals surface area (Å²) >= 11 is 7.02. The molecule has 0 bridgehead atoms. The van der Waals surface area contributed by atoms with E-state index in [0.29, 0.717) is 12.4 Å². The minimum atomic E-state index is -2.32. The van der Waals surface area contributed by atoms with Gasteiger partial charge in [-0.1, -0.05) is 11.4 Å². The Morgan fingerprint density at radius 1 is 1.20 bits per heavy atom. The van der Waals surface area contributed by atoms with Gasteiger partial charge in [-0.25, -0.2) is 0 Å². The van der Waals surface area contributed by atoms with Crippen molar-refractivity contribution in [1.29, 1.82) is 0 Å². The average Bonchev–Trinajstić information content (AvgIpc) is 2.45. The summed E-state index contributed by atoms with van der Waals surface area (Å²) in [5.74, 6) is 0.706. The Morgan fingerprint density at radius 3 is 2.45 bits per heavy atom. The van der Waals surface area contributed by atoms with Gasteiger partial charge in [-0.05, 0) is 18.7 Å². The number of hydrogen-bond acceptors (Lipinski definition) is 8. The Kier molecular flexibility index (Phi) is 6.29. The molecule has 2 aliphatic heterocycles. The molecule has 20 heavy (non-hydrogen) atoms. The van der Waals surface area contributed by atoms with Crippen molar-refractivity contribution in [1.82, 2.24) is 0 Å². The van der Waals surface area contributed by atoms with E-state index in [9.17, 15) is 0 Å². The lowest BCUT2D eigenvalue weighted by Gasteiger charge is -2.48. The first-order chi connectivity index (χ1) is 9.58. The normalized spacial score (nSPS) is 45.1. The van der Waals surface area contributed by atoms with Gasteiger partial charge in [0.2, 0.25) is 5.69 Å². The van der Waals surface area contributed by atoms with Crippen LogP contribution < -0.4 is 0 Å². The lowest BCUT2D eigenvalue weighted by atomic mass is 9.99. The van der Waals surface area contributed by atoms with Crippen molar-refractivity contribution in [3.8, 4) is 0 Å². The molecule has 0 saturated carbocycles. The lowest BCUT2D eigenvalue weighted by molar-refractivity contribution is -0.290. The highest BCUT2D eigenvalue weighted by atomic mass is 32.9. The molecule has 6 atom stereocenters. The van der Waals surface area contributed by atoms with Crippen LogP contribution in [0, 0.1) is 0 Å². The number of fused-ring (bicyclic) bond motifs is 1. The smallest absolute Gasteiger partial charge is 0.247 e. The van der Waals surface area contributed by atoms with E-state index in [4.69, 9.17) is 39.8 Å². The highest BCUT2D eigenvalue weighted by molar-refractivity contribution is 8.68. The summed E-state index contributed by atoms with van der Waals surface area (Å²) in [6.45, 7) is 2.45. The fourth-order valence-corrected chi connectivity index (χ4v) is 7.25. The molecule has 0 aromatic carbocycles. The molecule has 0 aliphatic carbocycles. The zero-order valence-corrected chi connectivity index (χ0v) is 14.5. The highest BCUT2D eigenvalue weighted by Gasteiger charge is 2.52. The lowest BCUT2D eigenvalue weighted by Crippen LogP contribution is -2.61. The molecule has 0 radical (unpaired) electrons. The van der Waals surface area contributed by atoms with Crippen LogP contribution in [0.25, 0.3) is 0 Å². The van der Waals surface area contributed by atoms with Gasteiger partial charge in [-0.3, -0.25) is 0 Å². The van der Waals surface area contributed by atoms with Crippen LogP contribution in [0.5, 0.6) is 0 Å². The Bertz CT molecular complexity index is 371. The van der Waals surface area contributed by atoms with Crippen LogP contribution in [0.2, 0.25) is 0 Å². The quantitative estimate of drug-likeness (QED) is 0.700. The van der Waals surface area contributed by atoms with Crippen LogP contribution in [0.4, 0.5) is 0 Å². The number of methoxy groups -OCH3 is 3. The van der Waals surface area contributed by atoms with E-state index in [0.717, 1.165) is 0 Å². The molecule has 2 aliphatic rings. The molecule has 0 unspecified atom stereocenters. The zero-order valence-electron chi connectivity index (χ0n) is 12.0. The predicted octanol–water partition coefficient (Wildman–Crippen LogP) is 1.78. The topological polar surface area (TPSA) is 55.4 Å². The predicted molar refractivity (Wildman–Crippen MR) is 80.5 cm³/mol. The maximum absolute atomic E-state index is 6.03. The minimum Gasteiger partial charge on any atom is -0.376 e. The first-order valence-electron chi connectivity index (χ1n) is 6.40. The number of hydrogen-bond donors (Lipinski definition) is 0. The zero-order chi connectivity index (χ0) is 14.8. The summed E-state index contributed by atoms with van der Waals surface area (Å²) in [6, 6.07) is 0. The number of rotatable bonds is 5. The summed E-state index contributed by atoms with van der Waals surface area (Å²) in [5.41, 5.74) is -2.32. The Balaban J connectivity index is 2.18. The van der Waals surface area contributed by atoms with Gasteiger partial charge >= 0.3 is 0 Å². The fourth-order valence-electron chi connectivity index (χ4n) is 2.42. The van der Waals surface area contributed by atoms with Crippen LogP contribution >= 0.6 is 17.1 Å². The van der Waals surface area contributed by atoms with E-state index in [1.807, 2.05) is 6.92 Å². The average molecular weight is 344 g/mol. The van der Waals surface area contributed by atoms with Gasteiger partial charge in [0.25, 0.3) is 0 Å². The third-order valence-electron chi connectivity index (χ3n) is 3.30. The van der Waals surface area contributed by atoms with Gasteiger partial charge in [-0.2, -0.15) is 0 Å². The van der Waals surface area contributed by atoms with E-state index < -0.39 is 12.0 Å². The second kappa shape index (κ2) is 7.35. The van der Waals surface area contributed by atoms with E-state index in [1.165, 1.54) is 11.4 Å². The van der Waals surface area contributed by atoms with E-state index in [-0.39, 0.29) is 24.4 Å². The maximum Gasteiger partial charge on any atom is 0.247 e. The van der Waals surface area contributed by atoms with E-state index >= 15 is 0 Å². The van der Waals surface area contributed by atoms with Crippen molar-refractivity contribution in [3.05, 3.63) is 0 Å². The molecule has 0 aromatic rings. The summed E-state index contributed by atoms with van der Waals surface area (Å²) in [7, 11) is 4.81. The Morgan fingerprint density at radius 2 is 1.90 bits per heavy atom. The second-order valence-corrected chi connectivity index (χ2v) is 10.7. The SMILES string of the molecule is CCO[P@]1(=S)O[C@H]2[C@H](OC)[C@@H](OC)[C@@H](OC)O[C@@H]2CS1. The summed E-state index contributed by atoms with van der Waals surface area (Å²) in [6.07, 6.45) is -1.57. The van der Waals surface area contributed by atoms with Crippen LogP contribution in [-0.4, -0.2) is 64.4 Å². The van der Waals surface area contributed by atoms with Gasteiger partial charge in [0.1, 0.15) is 18.3 Å². The van der Waals surface area contributed by atoms with Crippen molar-refractivity contribution >= 4 is 28.9 Å². The van der Waals surface area contributed by atoms with Gasteiger partial charge in [0, 0.05) is 27.1 Å². The third kappa shape index (κ3) is 3.39. The van der Waals surface area contributed by atoms with Gasteiger partial charge in [0.05, 0.1) is 12.7 Å². The molecule has 0 spiro atoms. The van der Waals surface area contributed by atoms with Crippen molar-refractivity contribution in [2.75, 3.05) is 33.7 Å². The van der Waals surface area contributed by atoms with Gasteiger partial charge in [0.15, 0.2) is 6.29 Å².